The summed E-state index contributed by atoms with van der Waals surface area (Å²) in [5.41, 5.74) is 7.16. The Labute approximate surface area is 98.7 Å². The second kappa shape index (κ2) is 6.61. The van der Waals surface area contributed by atoms with Gasteiger partial charge in [-0.25, -0.2) is 0 Å². The van der Waals surface area contributed by atoms with E-state index < -0.39 is 0 Å². The van der Waals surface area contributed by atoms with Gasteiger partial charge in [0.2, 0.25) is 0 Å². The van der Waals surface area contributed by atoms with Crippen molar-refractivity contribution in [3.8, 4) is 0 Å². The summed E-state index contributed by atoms with van der Waals surface area (Å²) >= 11 is 0. The molecule has 0 aliphatic carbocycles. The number of aromatic nitrogens is 1. The zero-order chi connectivity index (χ0) is 12.0. The third-order valence-corrected chi connectivity index (χ3v) is 2.76. The van der Waals surface area contributed by atoms with Crippen LogP contribution in [-0.4, -0.2) is 29.5 Å². The van der Waals surface area contributed by atoms with Gasteiger partial charge in [0.05, 0.1) is 0 Å². The lowest BCUT2D eigenvalue weighted by atomic mass is 10.1. The molecule has 0 aliphatic heterocycles. The van der Waals surface area contributed by atoms with Crippen molar-refractivity contribution >= 4 is 0 Å². The number of nitrogens with two attached hydrogens (primary N) is 1. The quantitative estimate of drug-likeness (QED) is 0.799. The van der Waals surface area contributed by atoms with E-state index in [-0.39, 0.29) is 0 Å². The number of nitrogens with zero attached hydrogens (tertiary/aromatic N) is 2. The van der Waals surface area contributed by atoms with Crippen molar-refractivity contribution in [2.75, 3.05) is 19.6 Å². The van der Waals surface area contributed by atoms with E-state index in [4.69, 9.17) is 5.73 Å². The van der Waals surface area contributed by atoms with Gasteiger partial charge in [0, 0.05) is 31.5 Å². The van der Waals surface area contributed by atoms with E-state index in [9.17, 15) is 0 Å². The van der Waals surface area contributed by atoms with Gasteiger partial charge in [-0.05, 0) is 30.2 Å². The molecule has 3 heteroatoms. The van der Waals surface area contributed by atoms with E-state index in [1.807, 2.05) is 12.4 Å². The molecular formula is C13H23N3. The van der Waals surface area contributed by atoms with E-state index in [1.165, 1.54) is 5.56 Å². The van der Waals surface area contributed by atoms with Crippen LogP contribution >= 0.6 is 0 Å². The van der Waals surface area contributed by atoms with Gasteiger partial charge in [-0.2, -0.15) is 0 Å². The van der Waals surface area contributed by atoms with Crippen LogP contribution in [0.15, 0.2) is 24.5 Å². The highest BCUT2D eigenvalue weighted by Gasteiger charge is 2.17. The van der Waals surface area contributed by atoms with Crippen LogP contribution in [-0.2, 0) is 0 Å². The van der Waals surface area contributed by atoms with Gasteiger partial charge in [0.15, 0.2) is 0 Å². The lowest BCUT2D eigenvalue weighted by Gasteiger charge is -2.31. The maximum Gasteiger partial charge on any atom is 0.0471 e. The van der Waals surface area contributed by atoms with E-state index >= 15 is 0 Å². The molecule has 1 aromatic heterocycles. The molecular weight excluding hydrogens is 198 g/mol. The molecule has 3 nitrogen and oxygen atoms in total. The van der Waals surface area contributed by atoms with Crippen molar-refractivity contribution in [3.05, 3.63) is 30.1 Å². The lowest BCUT2D eigenvalue weighted by molar-refractivity contribution is 0.189. The molecule has 0 saturated carbocycles. The first kappa shape index (κ1) is 13.1. The van der Waals surface area contributed by atoms with Gasteiger partial charge in [-0.1, -0.05) is 20.8 Å². The Morgan fingerprint density at radius 2 is 1.94 bits per heavy atom. The molecule has 0 radical (unpaired) electrons. The number of likely N-dealkylation sites (N-methyl/N-ethyl adjacent to an activating group) is 1. The average Bonchev–Trinajstić information content (AvgIpc) is 2.29. The number of pyridine rings is 1. The van der Waals surface area contributed by atoms with Crippen molar-refractivity contribution in [3.63, 3.8) is 0 Å². The molecule has 0 amide bonds. The summed E-state index contributed by atoms with van der Waals surface area (Å²) in [5, 5.41) is 0. The zero-order valence-corrected chi connectivity index (χ0v) is 10.6. The Morgan fingerprint density at radius 3 is 2.38 bits per heavy atom. The maximum absolute atomic E-state index is 5.89. The zero-order valence-electron chi connectivity index (χ0n) is 10.6. The van der Waals surface area contributed by atoms with E-state index in [2.05, 4.69) is 42.8 Å². The molecule has 0 aromatic carbocycles. The fourth-order valence-electron chi connectivity index (χ4n) is 2.03. The third kappa shape index (κ3) is 3.58. The Hall–Kier alpha value is -0.930. The highest BCUT2D eigenvalue weighted by Crippen LogP contribution is 2.19. The first-order valence-corrected chi connectivity index (χ1v) is 6.03. The summed E-state index contributed by atoms with van der Waals surface area (Å²) in [5.74, 6) is 0.663. The van der Waals surface area contributed by atoms with Gasteiger partial charge in [-0.15, -0.1) is 0 Å². The van der Waals surface area contributed by atoms with Crippen molar-refractivity contribution < 1.29 is 0 Å². The first-order chi connectivity index (χ1) is 7.69. The van der Waals surface area contributed by atoms with Crippen LogP contribution in [0.25, 0.3) is 0 Å². The summed E-state index contributed by atoms with van der Waals surface area (Å²) in [6.07, 6.45) is 3.67. The second-order valence-electron chi connectivity index (χ2n) is 4.51. The summed E-state index contributed by atoms with van der Waals surface area (Å²) in [6, 6.07) is 4.43. The summed E-state index contributed by atoms with van der Waals surface area (Å²) in [7, 11) is 0. The molecule has 0 spiro atoms. The molecule has 1 atom stereocenters. The van der Waals surface area contributed by atoms with Crippen LogP contribution in [0, 0.1) is 5.92 Å². The fourth-order valence-corrected chi connectivity index (χ4v) is 2.03. The fraction of sp³-hybridized carbons (Fsp3) is 0.615. The third-order valence-electron chi connectivity index (χ3n) is 2.76. The van der Waals surface area contributed by atoms with E-state index in [0.717, 1.165) is 13.1 Å². The largest absolute Gasteiger partial charge is 0.329 e. The van der Waals surface area contributed by atoms with Gasteiger partial charge in [-0.3, -0.25) is 9.88 Å². The summed E-state index contributed by atoms with van der Waals surface area (Å²) in [6.45, 7) is 9.44. The van der Waals surface area contributed by atoms with Crippen molar-refractivity contribution in [2.24, 2.45) is 11.7 Å². The van der Waals surface area contributed by atoms with E-state index in [0.29, 0.717) is 18.5 Å². The van der Waals surface area contributed by atoms with Gasteiger partial charge in [0.1, 0.15) is 0 Å². The topological polar surface area (TPSA) is 42.1 Å². The normalized spacial score (nSPS) is 13.4. The van der Waals surface area contributed by atoms with Crippen LogP contribution in [0.4, 0.5) is 0 Å². The van der Waals surface area contributed by atoms with Crippen LogP contribution in [0.2, 0.25) is 0 Å². The Morgan fingerprint density at radius 1 is 1.31 bits per heavy atom. The second-order valence-corrected chi connectivity index (χ2v) is 4.51. The predicted octanol–water partition coefficient (Wildman–Crippen LogP) is 2.06. The molecule has 0 aliphatic rings. The minimum atomic E-state index is 0.315. The van der Waals surface area contributed by atoms with Crippen molar-refractivity contribution in [1.29, 1.82) is 0 Å². The molecule has 1 rings (SSSR count). The minimum Gasteiger partial charge on any atom is -0.329 e. The molecule has 0 fully saturated rings. The number of hydrogen-bond donors (Lipinski definition) is 1. The van der Waals surface area contributed by atoms with Crippen LogP contribution in [0.1, 0.15) is 32.4 Å². The molecule has 0 bridgehead atoms. The standard InChI is InChI=1S/C13H23N3/c1-4-16(10-11(2)3)13(9-14)12-5-7-15-8-6-12/h5-8,11,13H,4,9-10,14H2,1-3H3. The summed E-state index contributed by atoms with van der Waals surface area (Å²) in [4.78, 5) is 6.48. The summed E-state index contributed by atoms with van der Waals surface area (Å²) < 4.78 is 0. The minimum absolute atomic E-state index is 0.315. The van der Waals surface area contributed by atoms with Crippen molar-refractivity contribution in [2.45, 2.75) is 26.8 Å². The predicted molar refractivity (Wildman–Crippen MR) is 68.1 cm³/mol. The molecule has 1 unspecified atom stereocenters. The van der Waals surface area contributed by atoms with Crippen LogP contribution < -0.4 is 5.73 Å². The lowest BCUT2D eigenvalue weighted by Crippen LogP contribution is -2.36. The van der Waals surface area contributed by atoms with Gasteiger partial charge >= 0.3 is 0 Å². The molecule has 2 N–H and O–H groups in total. The molecule has 0 saturated heterocycles. The maximum atomic E-state index is 5.89. The Bertz CT molecular complexity index is 284. The number of rotatable bonds is 6. The van der Waals surface area contributed by atoms with E-state index in [1.54, 1.807) is 0 Å². The highest BCUT2D eigenvalue weighted by atomic mass is 15.2. The molecule has 1 aromatic rings. The van der Waals surface area contributed by atoms with Gasteiger partial charge < -0.3 is 5.73 Å². The van der Waals surface area contributed by atoms with Crippen LogP contribution in [0.3, 0.4) is 0 Å². The highest BCUT2D eigenvalue weighted by molar-refractivity contribution is 5.15. The molecule has 90 valence electrons. The first-order valence-electron chi connectivity index (χ1n) is 6.03. The molecule has 1 heterocycles. The molecule has 16 heavy (non-hydrogen) atoms. The monoisotopic (exact) mass is 221 g/mol. The SMILES string of the molecule is CCN(CC(C)C)C(CN)c1ccncc1. The smallest absolute Gasteiger partial charge is 0.0471 e. The Balaban J connectivity index is 2.79. The number of hydrogen-bond acceptors (Lipinski definition) is 3. The average molecular weight is 221 g/mol. The Kier molecular flexibility index (Phi) is 5.43. The van der Waals surface area contributed by atoms with Crippen molar-refractivity contribution in [1.82, 2.24) is 9.88 Å². The van der Waals surface area contributed by atoms with Crippen LogP contribution in [0.5, 0.6) is 0 Å². The van der Waals surface area contributed by atoms with Gasteiger partial charge in [0.25, 0.3) is 0 Å².